The molecule has 1 amide bonds. The van der Waals surface area contributed by atoms with E-state index in [1.54, 1.807) is 0 Å². The van der Waals surface area contributed by atoms with Gasteiger partial charge in [-0.15, -0.1) is 0 Å². The number of aromatic nitrogens is 3. The first-order chi connectivity index (χ1) is 17.5. The predicted molar refractivity (Wildman–Crippen MR) is 133 cm³/mol. The molecular formula is C26H26N6O4. The molecule has 2 aliphatic heterocycles. The Kier molecular flexibility index (Phi) is 5.65. The molecule has 36 heavy (non-hydrogen) atoms. The minimum Gasteiger partial charge on any atom is -0.454 e. The molecule has 10 heteroatoms. The topological polar surface area (TPSA) is 106 Å². The van der Waals surface area contributed by atoms with E-state index in [0.717, 1.165) is 36.6 Å². The van der Waals surface area contributed by atoms with Crippen LogP contribution in [0.2, 0.25) is 0 Å². The van der Waals surface area contributed by atoms with Crippen molar-refractivity contribution in [2.24, 2.45) is 0 Å². The second kappa shape index (κ2) is 9.12. The fourth-order valence-electron chi connectivity index (χ4n) is 4.67. The van der Waals surface area contributed by atoms with Crippen molar-refractivity contribution < 1.29 is 18.7 Å². The van der Waals surface area contributed by atoms with Gasteiger partial charge in [0.2, 0.25) is 12.7 Å². The van der Waals surface area contributed by atoms with Crippen LogP contribution in [0.1, 0.15) is 27.3 Å². The highest BCUT2D eigenvalue weighted by molar-refractivity contribution is 5.96. The van der Waals surface area contributed by atoms with E-state index in [0.29, 0.717) is 47.6 Å². The summed E-state index contributed by atoms with van der Waals surface area (Å²) in [5, 5.41) is 3.02. The number of amides is 1. The number of carbonyl (C=O) groups excluding carboxylic acids is 1. The Balaban J connectivity index is 1.10. The number of nitrogens with zero attached hydrogens (tertiary/aromatic N) is 5. The van der Waals surface area contributed by atoms with Gasteiger partial charge in [0.25, 0.3) is 5.91 Å². The minimum atomic E-state index is -0.0406. The van der Waals surface area contributed by atoms with Crippen LogP contribution in [0.3, 0.4) is 0 Å². The highest BCUT2D eigenvalue weighted by Crippen LogP contribution is 2.33. The van der Waals surface area contributed by atoms with E-state index in [2.05, 4.69) is 31.2 Å². The molecule has 184 valence electrons. The maximum absolute atomic E-state index is 13.4. The molecular weight excluding hydrogens is 460 g/mol. The van der Waals surface area contributed by atoms with Gasteiger partial charge >= 0.3 is 6.01 Å². The van der Waals surface area contributed by atoms with Crippen LogP contribution in [0.15, 0.2) is 46.9 Å². The third-order valence-electron chi connectivity index (χ3n) is 6.50. The van der Waals surface area contributed by atoms with E-state index in [4.69, 9.17) is 13.9 Å². The lowest BCUT2D eigenvalue weighted by molar-refractivity contribution is 0.0626. The van der Waals surface area contributed by atoms with Crippen LogP contribution < -0.4 is 14.8 Å². The number of fused-ring (bicyclic) bond motifs is 2. The van der Waals surface area contributed by atoms with Gasteiger partial charge in [-0.1, -0.05) is 18.2 Å². The van der Waals surface area contributed by atoms with Crippen LogP contribution in [0.4, 0.5) is 12.0 Å². The molecule has 2 aromatic heterocycles. The number of ether oxygens (including phenoxy) is 2. The van der Waals surface area contributed by atoms with Gasteiger partial charge in [-0.2, -0.15) is 4.98 Å². The van der Waals surface area contributed by atoms with Crippen molar-refractivity contribution in [3.8, 4) is 11.5 Å². The molecule has 2 aromatic carbocycles. The zero-order valence-corrected chi connectivity index (χ0v) is 20.2. The van der Waals surface area contributed by atoms with Crippen molar-refractivity contribution in [2.75, 3.05) is 38.3 Å². The third-order valence-corrected chi connectivity index (χ3v) is 6.50. The monoisotopic (exact) mass is 486 g/mol. The summed E-state index contributed by atoms with van der Waals surface area (Å²) >= 11 is 0. The standard InChI is InChI=1S/C26H26N6O4/c1-16-23(17(2)28-25(27-16)30-26-29-19-5-3-4-6-20(19)36-26)24(33)32-11-9-31(10-12-32)14-18-7-8-21-22(13-18)35-15-34-21/h3-8,13H,9-12,14-15H2,1-2H3,(H,27,28,29,30). The predicted octanol–water partition coefficient (Wildman–Crippen LogP) is 3.66. The Morgan fingerprint density at radius 2 is 1.69 bits per heavy atom. The van der Waals surface area contributed by atoms with Crippen LogP contribution in [0.25, 0.3) is 11.1 Å². The summed E-state index contributed by atoms with van der Waals surface area (Å²) in [7, 11) is 0. The lowest BCUT2D eigenvalue weighted by atomic mass is 10.1. The van der Waals surface area contributed by atoms with Gasteiger partial charge in [0.05, 0.1) is 17.0 Å². The van der Waals surface area contributed by atoms with Crippen molar-refractivity contribution in [3.63, 3.8) is 0 Å². The molecule has 1 N–H and O–H groups in total. The largest absolute Gasteiger partial charge is 0.454 e. The van der Waals surface area contributed by atoms with Crippen LogP contribution in [-0.2, 0) is 6.54 Å². The van der Waals surface area contributed by atoms with Crippen molar-refractivity contribution in [1.82, 2.24) is 24.8 Å². The van der Waals surface area contributed by atoms with Gasteiger partial charge < -0.3 is 18.8 Å². The number of benzene rings is 2. The summed E-state index contributed by atoms with van der Waals surface area (Å²) in [5.41, 5.74) is 4.38. The fraction of sp³-hybridized carbons (Fsp3) is 0.308. The maximum Gasteiger partial charge on any atom is 0.302 e. The third kappa shape index (κ3) is 4.31. The molecule has 0 saturated carbocycles. The van der Waals surface area contributed by atoms with E-state index in [1.165, 1.54) is 5.56 Å². The average molecular weight is 487 g/mol. The van der Waals surface area contributed by atoms with Crippen molar-refractivity contribution in [1.29, 1.82) is 0 Å². The van der Waals surface area contributed by atoms with Gasteiger partial charge in [0.1, 0.15) is 5.52 Å². The van der Waals surface area contributed by atoms with Crippen LogP contribution in [-0.4, -0.2) is 63.6 Å². The lowest BCUT2D eigenvalue weighted by Gasteiger charge is -2.35. The number of hydrogen-bond donors (Lipinski definition) is 1. The minimum absolute atomic E-state index is 0.0406. The molecule has 10 nitrogen and oxygen atoms in total. The first-order valence-corrected chi connectivity index (χ1v) is 11.9. The van der Waals surface area contributed by atoms with E-state index in [9.17, 15) is 4.79 Å². The van der Waals surface area contributed by atoms with Gasteiger partial charge in [-0.3, -0.25) is 15.0 Å². The Morgan fingerprint density at radius 3 is 2.47 bits per heavy atom. The van der Waals surface area contributed by atoms with Gasteiger partial charge in [-0.25, -0.2) is 9.97 Å². The molecule has 1 saturated heterocycles. The second-order valence-corrected chi connectivity index (χ2v) is 8.96. The summed E-state index contributed by atoms with van der Waals surface area (Å²) in [5.74, 6) is 1.89. The molecule has 1 fully saturated rings. The van der Waals surface area contributed by atoms with Crippen molar-refractivity contribution >= 4 is 29.0 Å². The number of hydrogen-bond acceptors (Lipinski definition) is 9. The quantitative estimate of drug-likeness (QED) is 0.452. The summed E-state index contributed by atoms with van der Waals surface area (Å²) in [4.78, 5) is 31.0. The summed E-state index contributed by atoms with van der Waals surface area (Å²) < 4.78 is 16.6. The fourth-order valence-corrected chi connectivity index (χ4v) is 4.67. The number of piperazine rings is 1. The average Bonchev–Trinajstić information content (AvgIpc) is 3.50. The number of carbonyl (C=O) groups is 1. The number of rotatable bonds is 5. The van der Waals surface area contributed by atoms with Crippen molar-refractivity contribution in [3.05, 3.63) is 65.0 Å². The highest BCUT2D eigenvalue weighted by atomic mass is 16.7. The lowest BCUT2D eigenvalue weighted by Crippen LogP contribution is -2.48. The smallest absolute Gasteiger partial charge is 0.302 e. The molecule has 4 heterocycles. The Hall–Kier alpha value is -4.18. The van der Waals surface area contributed by atoms with E-state index in [1.807, 2.05) is 55.1 Å². The van der Waals surface area contributed by atoms with Gasteiger partial charge in [0.15, 0.2) is 17.1 Å². The molecule has 4 aromatic rings. The Labute approximate surface area is 207 Å². The second-order valence-electron chi connectivity index (χ2n) is 8.96. The van der Waals surface area contributed by atoms with Crippen LogP contribution in [0, 0.1) is 13.8 Å². The highest BCUT2D eigenvalue weighted by Gasteiger charge is 2.26. The first-order valence-electron chi connectivity index (χ1n) is 11.9. The molecule has 6 rings (SSSR count). The zero-order valence-electron chi connectivity index (χ0n) is 20.2. The molecule has 0 radical (unpaired) electrons. The molecule has 0 bridgehead atoms. The number of aryl methyl sites for hydroxylation is 2. The maximum atomic E-state index is 13.4. The molecule has 0 unspecified atom stereocenters. The van der Waals surface area contributed by atoms with E-state index in [-0.39, 0.29) is 12.7 Å². The Bertz CT molecular complexity index is 1390. The summed E-state index contributed by atoms with van der Waals surface area (Å²) in [6.07, 6.45) is 0. The summed E-state index contributed by atoms with van der Waals surface area (Å²) in [6, 6.07) is 13.9. The van der Waals surface area contributed by atoms with Gasteiger partial charge in [0, 0.05) is 32.7 Å². The summed E-state index contributed by atoms with van der Waals surface area (Å²) in [6.45, 7) is 7.60. The van der Waals surface area contributed by atoms with Gasteiger partial charge in [-0.05, 0) is 43.7 Å². The molecule has 0 aliphatic carbocycles. The molecule has 0 atom stereocenters. The zero-order chi connectivity index (χ0) is 24.6. The number of anilines is 2. The number of nitrogens with one attached hydrogen (secondary N) is 1. The molecule has 0 spiro atoms. The van der Waals surface area contributed by atoms with Crippen molar-refractivity contribution in [2.45, 2.75) is 20.4 Å². The normalized spacial score (nSPS) is 15.4. The number of oxazole rings is 1. The first kappa shape index (κ1) is 22.3. The SMILES string of the molecule is Cc1nc(Nc2nc3ccccc3o2)nc(C)c1C(=O)N1CCN(Cc2ccc3c(c2)OCO3)CC1. The Morgan fingerprint density at radius 1 is 0.944 bits per heavy atom. The van der Waals surface area contributed by atoms with Crippen LogP contribution >= 0.6 is 0 Å². The number of para-hydroxylation sites is 2. The van der Waals surface area contributed by atoms with E-state index >= 15 is 0 Å². The van der Waals surface area contributed by atoms with E-state index < -0.39 is 0 Å². The van der Waals surface area contributed by atoms with Crippen LogP contribution in [0.5, 0.6) is 11.5 Å². The molecule has 2 aliphatic rings.